The fourth-order valence-corrected chi connectivity index (χ4v) is 0.948. The molecule has 3 nitrogen and oxygen atoms in total. The number of hydrogen-bond acceptors (Lipinski definition) is 3. The van der Waals surface area contributed by atoms with Gasteiger partial charge in [-0.3, -0.25) is 4.79 Å². The van der Waals surface area contributed by atoms with E-state index in [1.54, 1.807) is 0 Å². The van der Waals surface area contributed by atoms with Crippen molar-refractivity contribution in [2.45, 2.75) is 6.42 Å². The Morgan fingerprint density at radius 1 is 1.89 bits per heavy atom. The van der Waals surface area contributed by atoms with Crippen molar-refractivity contribution in [3.05, 3.63) is 0 Å². The first-order valence-corrected chi connectivity index (χ1v) is 3.07. The molecule has 2 N–H and O–H groups in total. The SMILES string of the molecule is COC(=O)[C@@H]1C[C@@H]1CN. The number of methoxy groups -OCH3 is 1. The molecular formula is C6H11NO2. The molecule has 0 aromatic heterocycles. The number of carbonyl (C=O) groups excluding carboxylic acids is 1. The van der Waals surface area contributed by atoms with Crippen LogP contribution in [0.2, 0.25) is 0 Å². The molecule has 0 saturated heterocycles. The Hall–Kier alpha value is -0.570. The van der Waals surface area contributed by atoms with Crippen molar-refractivity contribution in [2.24, 2.45) is 17.6 Å². The molecule has 0 amide bonds. The fourth-order valence-electron chi connectivity index (χ4n) is 0.948. The minimum Gasteiger partial charge on any atom is -0.469 e. The van der Waals surface area contributed by atoms with Crippen molar-refractivity contribution in [3.63, 3.8) is 0 Å². The van der Waals surface area contributed by atoms with Crippen molar-refractivity contribution >= 4 is 5.97 Å². The molecule has 0 aromatic carbocycles. The predicted molar refractivity (Wildman–Crippen MR) is 32.7 cm³/mol. The lowest BCUT2D eigenvalue weighted by molar-refractivity contribution is -0.142. The highest BCUT2D eigenvalue weighted by Gasteiger charge is 2.42. The first-order valence-electron chi connectivity index (χ1n) is 3.07. The highest BCUT2D eigenvalue weighted by molar-refractivity contribution is 5.75. The largest absolute Gasteiger partial charge is 0.469 e. The zero-order chi connectivity index (χ0) is 6.85. The third-order valence-electron chi connectivity index (χ3n) is 1.73. The summed E-state index contributed by atoms with van der Waals surface area (Å²) in [5, 5.41) is 0. The van der Waals surface area contributed by atoms with Crippen molar-refractivity contribution in [3.8, 4) is 0 Å². The van der Waals surface area contributed by atoms with Gasteiger partial charge in [-0.25, -0.2) is 0 Å². The van der Waals surface area contributed by atoms with Gasteiger partial charge in [-0.05, 0) is 18.9 Å². The molecule has 0 unspecified atom stereocenters. The van der Waals surface area contributed by atoms with Crippen molar-refractivity contribution in [1.29, 1.82) is 0 Å². The summed E-state index contributed by atoms with van der Waals surface area (Å²) in [5.74, 6) is 0.405. The summed E-state index contributed by atoms with van der Waals surface area (Å²) in [7, 11) is 1.41. The topological polar surface area (TPSA) is 52.3 Å². The van der Waals surface area contributed by atoms with Crippen LogP contribution in [0.3, 0.4) is 0 Å². The predicted octanol–water partition coefficient (Wildman–Crippen LogP) is -0.246. The number of rotatable bonds is 2. The third kappa shape index (κ3) is 1.21. The maximum absolute atomic E-state index is 10.7. The summed E-state index contributed by atoms with van der Waals surface area (Å²) in [4.78, 5) is 10.7. The molecule has 1 aliphatic carbocycles. The van der Waals surface area contributed by atoms with Gasteiger partial charge in [-0.1, -0.05) is 0 Å². The molecule has 1 rings (SSSR count). The van der Waals surface area contributed by atoms with Gasteiger partial charge in [0.25, 0.3) is 0 Å². The van der Waals surface area contributed by atoms with E-state index in [2.05, 4.69) is 4.74 Å². The highest BCUT2D eigenvalue weighted by atomic mass is 16.5. The molecular weight excluding hydrogens is 118 g/mol. The smallest absolute Gasteiger partial charge is 0.308 e. The maximum Gasteiger partial charge on any atom is 0.308 e. The summed E-state index contributed by atoms with van der Waals surface area (Å²) >= 11 is 0. The maximum atomic E-state index is 10.7. The molecule has 1 aliphatic rings. The molecule has 0 aliphatic heterocycles. The van der Waals surface area contributed by atoms with E-state index in [1.807, 2.05) is 0 Å². The highest BCUT2D eigenvalue weighted by Crippen LogP contribution is 2.37. The minimum atomic E-state index is -0.106. The first kappa shape index (κ1) is 6.55. The van der Waals surface area contributed by atoms with Crippen LogP contribution in [-0.4, -0.2) is 19.6 Å². The fraction of sp³-hybridized carbons (Fsp3) is 0.833. The van der Waals surface area contributed by atoms with Crippen LogP contribution in [0.25, 0.3) is 0 Å². The van der Waals surface area contributed by atoms with E-state index in [-0.39, 0.29) is 11.9 Å². The van der Waals surface area contributed by atoms with E-state index in [0.29, 0.717) is 12.5 Å². The zero-order valence-corrected chi connectivity index (χ0v) is 5.46. The number of nitrogens with two attached hydrogens (primary N) is 1. The molecule has 0 bridgehead atoms. The van der Waals surface area contributed by atoms with Gasteiger partial charge in [0.15, 0.2) is 0 Å². The average molecular weight is 129 g/mol. The Kier molecular flexibility index (Phi) is 1.71. The van der Waals surface area contributed by atoms with E-state index in [1.165, 1.54) is 7.11 Å². The lowest BCUT2D eigenvalue weighted by Crippen LogP contribution is -2.09. The average Bonchev–Trinajstić information content (AvgIpc) is 2.64. The zero-order valence-electron chi connectivity index (χ0n) is 5.46. The Labute approximate surface area is 54.2 Å². The van der Waals surface area contributed by atoms with E-state index in [4.69, 9.17) is 5.73 Å². The molecule has 0 spiro atoms. The Morgan fingerprint density at radius 2 is 2.56 bits per heavy atom. The molecule has 1 saturated carbocycles. The Balaban J connectivity index is 2.25. The van der Waals surface area contributed by atoms with Gasteiger partial charge in [-0.2, -0.15) is 0 Å². The molecule has 3 heteroatoms. The van der Waals surface area contributed by atoms with Gasteiger partial charge in [-0.15, -0.1) is 0 Å². The van der Waals surface area contributed by atoms with Gasteiger partial charge in [0.1, 0.15) is 0 Å². The quantitative estimate of drug-likeness (QED) is 0.523. The van der Waals surface area contributed by atoms with Crippen LogP contribution >= 0.6 is 0 Å². The summed E-state index contributed by atoms with van der Waals surface area (Å²) in [6.45, 7) is 0.611. The van der Waals surface area contributed by atoms with Gasteiger partial charge in [0.2, 0.25) is 0 Å². The van der Waals surface area contributed by atoms with Crippen LogP contribution in [0.4, 0.5) is 0 Å². The minimum absolute atomic E-state index is 0.106. The van der Waals surface area contributed by atoms with E-state index in [0.717, 1.165) is 6.42 Å². The normalized spacial score (nSPS) is 31.8. The van der Waals surface area contributed by atoms with Crippen LogP contribution in [-0.2, 0) is 9.53 Å². The summed E-state index contributed by atoms with van der Waals surface area (Å²) in [5.41, 5.74) is 5.31. The summed E-state index contributed by atoms with van der Waals surface area (Å²) in [6, 6.07) is 0. The van der Waals surface area contributed by atoms with E-state index < -0.39 is 0 Å². The second-order valence-electron chi connectivity index (χ2n) is 2.36. The van der Waals surface area contributed by atoms with Crippen molar-refractivity contribution in [1.82, 2.24) is 0 Å². The standard InChI is InChI=1S/C6H11NO2/c1-9-6(8)5-2-4(5)3-7/h4-5H,2-3,7H2,1H3/t4-,5-/m1/s1. The third-order valence-corrected chi connectivity index (χ3v) is 1.73. The molecule has 1 fully saturated rings. The molecule has 0 aromatic rings. The Bertz CT molecular complexity index is 124. The van der Waals surface area contributed by atoms with Crippen LogP contribution in [0, 0.1) is 11.8 Å². The van der Waals surface area contributed by atoms with E-state index in [9.17, 15) is 4.79 Å². The van der Waals surface area contributed by atoms with E-state index >= 15 is 0 Å². The molecule has 2 atom stereocenters. The van der Waals surface area contributed by atoms with Gasteiger partial charge in [0.05, 0.1) is 13.0 Å². The molecule has 0 radical (unpaired) electrons. The molecule has 0 heterocycles. The van der Waals surface area contributed by atoms with Gasteiger partial charge in [0, 0.05) is 0 Å². The summed E-state index contributed by atoms with van der Waals surface area (Å²) < 4.78 is 4.51. The van der Waals surface area contributed by atoms with Crippen LogP contribution in [0.5, 0.6) is 0 Å². The number of ether oxygens (including phenoxy) is 1. The van der Waals surface area contributed by atoms with Crippen LogP contribution < -0.4 is 5.73 Å². The second-order valence-corrected chi connectivity index (χ2v) is 2.36. The lowest BCUT2D eigenvalue weighted by Gasteiger charge is -1.93. The van der Waals surface area contributed by atoms with Gasteiger partial charge >= 0.3 is 5.97 Å². The lowest BCUT2D eigenvalue weighted by atomic mass is 10.3. The Morgan fingerprint density at radius 3 is 2.89 bits per heavy atom. The molecule has 52 valence electrons. The molecule has 9 heavy (non-hydrogen) atoms. The number of carbonyl (C=O) groups is 1. The van der Waals surface area contributed by atoms with Crippen molar-refractivity contribution in [2.75, 3.05) is 13.7 Å². The second kappa shape index (κ2) is 2.35. The van der Waals surface area contributed by atoms with Crippen LogP contribution in [0.1, 0.15) is 6.42 Å². The summed E-state index contributed by atoms with van der Waals surface area (Å²) in [6.07, 6.45) is 0.920. The monoisotopic (exact) mass is 129 g/mol. The van der Waals surface area contributed by atoms with Gasteiger partial charge < -0.3 is 10.5 Å². The van der Waals surface area contributed by atoms with Crippen molar-refractivity contribution < 1.29 is 9.53 Å². The number of hydrogen-bond donors (Lipinski definition) is 1. The number of esters is 1. The first-order chi connectivity index (χ1) is 4.29. The van der Waals surface area contributed by atoms with Crippen LogP contribution in [0.15, 0.2) is 0 Å².